The molecule has 0 atom stereocenters. The van der Waals surface area contributed by atoms with E-state index in [2.05, 4.69) is 25.7 Å². The number of ether oxygens (including phenoxy) is 3. The quantitative estimate of drug-likeness (QED) is 0.344. The molecular weight excluding hydrogens is 398 g/mol. The first-order chi connectivity index (χ1) is 14.6. The van der Waals surface area contributed by atoms with E-state index in [9.17, 15) is 13.6 Å². The number of halogens is 2. The average molecular weight is 420 g/mol. The second kappa shape index (κ2) is 10.3. The molecule has 0 aliphatic carbocycles. The molecule has 10 heteroatoms. The number of nitrogens with one attached hydrogen (secondary N) is 3. The third-order valence-electron chi connectivity index (χ3n) is 4.18. The molecule has 0 fully saturated rings. The van der Waals surface area contributed by atoms with Crippen molar-refractivity contribution in [1.82, 2.24) is 16.0 Å². The number of hydrogen-bond donors (Lipinski definition) is 3. The van der Waals surface area contributed by atoms with Crippen LogP contribution in [0.25, 0.3) is 0 Å². The molecule has 1 aliphatic rings. The number of fused-ring (bicyclic) bond motifs is 1. The molecule has 0 aromatic heterocycles. The van der Waals surface area contributed by atoms with E-state index in [0.29, 0.717) is 41.7 Å². The van der Waals surface area contributed by atoms with Crippen molar-refractivity contribution >= 4 is 11.9 Å². The number of rotatable bonds is 8. The maximum atomic E-state index is 12.7. The van der Waals surface area contributed by atoms with E-state index in [1.807, 2.05) is 6.07 Å². The van der Waals surface area contributed by atoms with Gasteiger partial charge in [-0.1, -0.05) is 18.2 Å². The average Bonchev–Trinajstić information content (AvgIpc) is 3.20. The molecule has 0 saturated heterocycles. The fourth-order valence-electron chi connectivity index (χ4n) is 2.76. The Kier molecular flexibility index (Phi) is 7.25. The van der Waals surface area contributed by atoms with Gasteiger partial charge in [0.1, 0.15) is 5.75 Å². The van der Waals surface area contributed by atoms with Gasteiger partial charge in [-0.25, -0.2) is 0 Å². The van der Waals surface area contributed by atoms with Gasteiger partial charge in [0.15, 0.2) is 17.5 Å². The van der Waals surface area contributed by atoms with Crippen LogP contribution in [0, 0.1) is 0 Å². The van der Waals surface area contributed by atoms with Crippen molar-refractivity contribution in [2.24, 2.45) is 4.99 Å². The Bertz CT molecular complexity index is 894. The van der Waals surface area contributed by atoms with Crippen LogP contribution in [0.15, 0.2) is 47.5 Å². The number of carbonyl (C=O) groups is 1. The van der Waals surface area contributed by atoms with Crippen LogP contribution in [0.2, 0.25) is 0 Å². The summed E-state index contributed by atoms with van der Waals surface area (Å²) in [6, 6.07) is 11.8. The highest BCUT2D eigenvalue weighted by molar-refractivity contribution is 5.94. The number of guanidine groups is 1. The normalized spacial score (nSPS) is 12.6. The van der Waals surface area contributed by atoms with Crippen LogP contribution in [-0.4, -0.2) is 45.4 Å². The van der Waals surface area contributed by atoms with Gasteiger partial charge in [0, 0.05) is 43.9 Å². The van der Waals surface area contributed by atoms with Crippen molar-refractivity contribution in [3.8, 4) is 17.2 Å². The van der Waals surface area contributed by atoms with Crippen molar-refractivity contribution in [1.29, 1.82) is 0 Å². The number of amides is 1. The molecule has 3 N–H and O–H groups in total. The van der Waals surface area contributed by atoms with E-state index in [4.69, 9.17) is 9.47 Å². The second-order valence-electron chi connectivity index (χ2n) is 6.17. The van der Waals surface area contributed by atoms with E-state index >= 15 is 0 Å². The molecule has 1 aliphatic heterocycles. The van der Waals surface area contributed by atoms with Crippen LogP contribution in [0.5, 0.6) is 17.2 Å². The minimum Gasteiger partial charge on any atom is -0.454 e. The summed E-state index contributed by atoms with van der Waals surface area (Å²) in [6.07, 6.45) is 0. The molecular formula is C20H22F2N4O4. The zero-order valence-corrected chi connectivity index (χ0v) is 16.3. The monoisotopic (exact) mass is 420 g/mol. The molecule has 0 radical (unpaired) electrons. The smallest absolute Gasteiger partial charge is 0.387 e. The van der Waals surface area contributed by atoms with Crippen molar-refractivity contribution in [3.63, 3.8) is 0 Å². The lowest BCUT2D eigenvalue weighted by Gasteiger charge is -2.15. The van der Waals surface area contributed by atoms with Crippen LogP contribution in [-0.2, 0) is 6.54 Å². The Morgan fingerprint density at radius 2 is 1.80 bits per heavy atom. The summed E-state index contributed by atoms with van der Waals surface area (Å²) in [5.41, 5.74) is 1.04. The third kappa shape index (κ3) is 5.72. The summed E-state index contributed by atoms with van der Waals surface area (Å²) in [7, 11) is 1.58. The van der Waals surface area contributed by atoms with Gasteiger partial charge < -0.3 is 30.2 Å². The number of hydrogen-bond acceptors (Lipinski definition) is 5. The summed E-state index contributed by atoms with van der Waals surface area (Å²) in [5, 5.41) is 8.85. The van der Waals surface area contributed by atoms with Gasteiger partial charge in [-0.2, -0.15) is 8.78 Å². The molecule has 0 bridgehead atoms. The first-order valence-corrected chi connectivity index (χ1v) is 9.22. The van der Waals surface area contributed by atoms with E-state index < -0.39 is 6.61 Å². The number of carbonyl (C=O) groups excluding carboxylic acids is 1. The van der Waals surface area contributed by atoms with E-state index in [-0.39, 0.29) is 25.0 Å². The van der Waals surface area contributed by atoms with Crippen molar-refractivity contribution in [2.45, 2.75) is 13.2 Å². The van der Waals surface area contributed by atoms with Gasteiger partial charge in [-0.15, -0.1) is 0 Å². The molecule has 2 aromatic rings. The molecule has 1 heterocycles. The number of alkyl halides is 2. The molecule has 0 saturated carbocycles. The van der Waals surface area contributed by atoms with Crippen LogP contribution in [0.3, 0.4) is 0 Å². The fraction of sp³-hybridized carbons (Fsp3) is 0.300. The maximum absolute atomic E-state index is 12.7. The SMILES string of the molecule is CN=C(NCCNC(=O)c1ccccc1)NCc1cc2c(cc1OC(F)F)OCO2. The highest BCUT2D eigenvalue weighted by atomic mass is 19.3. The van der Waals surface area contributed by atoms with E-state index in [1.54, 1.807) is 37.4 Å². The molecule has 8 nitrogen and oxygen atoms in total. The molecule has 1 amide bonds. The number of nitrogens with zero attached hydrogens (tertiary/aromatic N) is 1. The number of benzene rings is 2. The Balaban J connectivity index is 1.50. The highest BCUT2D eigenvalue weighted by Gasteiger charge is 2.20. The molecule has 0 spiro atoms. The lowest BCUT2D eigenvalue weighted by molar-refractivity contribution is -0.0505. The third-order valence-corrected chi connectivity index (χ3v) is 4.18. The Labute approximate surface area is 172 Å². The topological polar surface area (TPSA) is 93.2 Å². The predicted octanol–water partition coefficient (Wildman–Crippen LogP) is 2.11. The first kappa shape index (κ1) is 21.2. The van der Waals surface area contributed by atoms with E-state index in [1.165, 1.54) is 6.07 Å². The van der Waals surface area contributed by atoms with E-state index in [0.717, 1.165) is 0 Å². The molecule has 160 valence electrons. The zero-order valence-electron chi connectivity index (χ0n) is 16.3. The summed E-state index contributed by atoms with van der Waals surface area (Å²) in [6.45, 7) is -1.99. The first-order valence-electron chi connectivity index (χ1n) is 9.22. The van der Waals surface area contributed by atoms with Crippen molar-refractivity contribution in [3.05, 3.63) is 53.6 Å². The van der Waals surface area contributed by atoms with Crippen LogP contribution < -0.4 is 30.2 Å². The second-order valence-corrected chi connectivity index (χ2v) is 6.17. The zero-order chi connectivity index (χ0) is 21.3. The van der Waals surface area contributed by atoms with Gasteiger partial charge in [-0.3, -0.25) is 9.79 Å². The van der Waals surface area contributed by atoms with Crippen LogP contribution in [0.1, 0.15) is 15.9 Å². The van der Waals surface area contributed by atoms with Gasteiger partial charge in [0.2, 0.25) is 6.79 Å². The van der Waals surface area contributed by atoms with Crippen LogP contribution >= 0.6 is 0 Å². The van der Waals surface area contributed by atoms with Gasteiger partial charge in [0.05, 0.1) is 0 Å². The predicted molar refractivity (Wildman–Crippen MR) is 106 cm³/mol. The van der Waals surface area contributed by atoms with Gasteiger partial charge in [-0.05, 0) is 18.2 Å². The maximum Gasteiger partial charge on any atom is 0.387 e. The standard InChI is InChI=1S/C20H22F2N4O4/c1-23-20(25-8-7-24-18(27)13-5-3-2-4-6-13)26-11-14-9-16-17(29-12-28-16)10-15(14)30-19(21)22/h2-6,9-10,19H,7-8,11-12H2,1H3,(H,24,27)(H2,23,25,26). The van der Waals surface area contributed by atoms with Gasteiger partial charge >= 0.3 is 6.61 Å². The highest BCUT2D eigenvalue weighted by Crippen LogP contribution is 2.38. The lowest BCUT2D eigenvalue weighted by Crippen LogP contribution is -2.41. The summed E-state index contributed by atoms with van der Waals surface area (Å²) in [4.78, 5) is 16.1. The Morgan fingerprint density at radius 3 is 2.50 bits per heavy atom. The van der Waals surface area contributed by atoms with Crippen LogP contribution in [0.4, 0.5) is 8.78 Å². The molecule has 2 aromatic carbocycles. The fourth-order valence-corrected chi connectivity index (χ4v) is 2.76. The minimum absolute atomic E-state index is 0.00710. The Hall–Kier alpha value is -3.56. The molecule has 30 heavy (non-hydrogen) atoms. The summed E-state index contributed by atoms with van der Waals surface area (Å²) >= 11 is 0. The van der Waals surface area contributed by atoms with Gasteiger partial charge in [0.25, 0.3) is 5.91 Å². The lowest BCUT2D eigenvalue weighted by atomic mass is 10.1. The molecule has 3 rings (SSSR count). The van der Waals surface area contributed by atoms with Crippen molar-refractivity contribution < 1.29 is 27.8 Å². The summed E-state index contributed by atoms with van der Waals surface area (Å²) < 4.78 is 40.5. The largest absolute Gasteiger partial charge is 0.454 e. The number of aliphatic imine (C=N–C) groups is 1. The minimum atomic E-state index is -2.96. The Morgan fingerprint density at radius 1 is 1.10 bits per heavy atom. The van der Waals surface area contributed by atoms with Crippen molar-refractivity contribution in [2.75, 3.05) is 26.9 Å². The molecule has 0 unspecified atom stereocenters. The summed E-state index contributed by atoms with van der Waals surface area (Å²) in [5.74, 6) is 1.07.